The molecule has 0 heterocycles. The lowest BCUT2D eigenvalue weighted by atomic mass is 10.1. The minimum atomic E-state index is -1.34. The molecular formula is C14H16F3NO3. The molecule has 1 rings (SSSR count). The number of benzene rings is 1. The Kier molecular flexibility index (Phi) is 5.75. The third kappa shape index (κ3) is 4.47. The van der Waals surface area contributed by atoms with Gasteiger partial charge in [0.15, 0.2) is 11.6 Å². The molecule has 21 heavy (non-hydrogen) atoms. The van der Waals surface area contributed by atoms with Crippen LogP contribution in [0, 0.1) is 17.5 Å². The summed E-state index contributed by atoms with van der Waals surface area (Å²) in [6.45, 7) is 2.90. The molecule has 1 aromatic carbocycles. The number of rotatable bonds is 6. The van der Waals surface area contributed by atoms with Crippen LogP contribution in [0.25, 0.3) is 0 Å². The number of carbonyl (C=O) groups excluding carboxylic acids is 1. The van der Waals surface area contributed by atoms with Crippen LogP contribution in [-0.4, -0.2) is 34.5 Å². The van der Waals surface area contributed by atoms with Crippen LogP contribution < -0.4 is 0 Å². The molecule has 0 spiro atoms. The SMILES string of the molecule is CC[C@@H](C)N(CC(=O)O)C(=O)Cc1cc(F)c(F)cc1F. The van der Waals surface area contributed by atoms with Gasteiger partial charge in [-0.25, -0.2) is 13.2 Å². The highest BCUT2D eigenvalue weighted by molar-refractivity contribution is 5.83. The van der Waals surface area contributed by atoms with E-state index in [1.165, 1.54) is 0 Å². The average molecular weight is 303 g/mol. The van der Waals surface area contributed by atoms with Crippen molar-refractivity contribution >= 4 is 11.9 Å². The van der Waals surface area contributed by atoms with Crippen molar-refractivity contribution in [2.75, 3.05) is 6.54 Å². The predicted molar refractivity (Wildman–Crippen MR) is 69.1 cm³/mol. The lowest BCUT2D eigenvalue weighted by Crippen LogP contribution is -2.42. The minimum absolute atomic E-state index is 0.308. The van der Waals surface area contributed by atoms with Gasteiger partial charge in [-0.15, -0.1) is 0 Å². The molecule has 1 N–H and O–H groups in total. The third-order valence-electron chi connectivity index (χ3n) is 3.18. The van der Waals surface area contributed by atoms with Gasteiger partial charge in [-0.1, -0.05) is 6.92 Å². The standard InChI is InChI=1S/C14H16F3NO3/c1-3-8(2)18(7-14(20)21)13(19)5-9-4-11(16)12(17)6-10(9)15/h4,6,8H,3,5,7H2,1-2H3,(H,20,21)/t8-/m1/s1. The van der Waals surface area contributed by atoms with Gasteiger partial charge in [-0.2, -0.15) is 0 Å². The van der Waals surface area contributed by atoms with E-state index in [-0.39, 0.29) is 11.6 Å². The Balaban J connectivity index is 2.96. The van der Waals surface area contributed by atoms with Gasteiger partial charge in [0.1, 0.15) is 12.4 Å². The van der Waals surface area contributed by atoms with Crippen LogP contribution in [-0.2, 0) is 16.0 Å². The molecule has 0 aliphatic carbocycles. The van der Waals surface area contributed by atoms with Gasteiger partial charge in [-0.05, 0) is 19.4 Å². The maximum Gasteiger partial charge on any atom is 0.323 e. The van der Waals surface area contributed by atoms with E-state index in [9.17, 15) is 22.8 Å². The maximum atomic E-state index is 13.5. The van der Waals surface area contributed by atoms with Crippen molar-refractivity contribution in [3.63, 3.8) is 0 Å². The molecule has 1 aromatic rings. The van der Waals surface area contributed by atoms with Crippen molar-refractivity contribution in [1.82, 2.24) is 4.90 Å². The number of amides is 1. The molecule has 0 aliphatic heterocycles. The fourth-order valence-electron chi connectivity index (χ4n) is 1.82. The van der Waals surface area contributed by atoms with Crippen molar-refractivity contribution in [3.8, 4) is 0 Å². The van der Waals surface area contributed by atoms with Crippen molar-refractivity contribution in [2.24, 2.45) is 0 Å². The number of carboxylic acid groups (broad SMARTS) is 1. The second kappa shape index (κ2) is 7.10. The van der Waals surface area contributed by atoms with Gasteiger partial charge in [0.2, 0.25) is 5.91 Å². The highest BCUT2D eigenvalue weighted by atomic mass is 19.2. The average Bonchev–Trinajstić information content (AvgIpc) is 2.41. The summed E-state index contributed by atoms with van der Waals surface area (Å²) in [5, 5.41) is 8.80. The monoisotopic (exact) mass is 303 g/mol. The van der Waals surface area contributed by atoms with E-state index >= 15 is 0 Å². The number of nitrogens with zero attached hydrogens (tertiary/aromatic N) is 1. The van der Waals surface area contributed by atoms with Gasteiger partial charge in [0, 0.05) is 17.7 Å². The van der Waals surface area contributed by atoms with Crippen molar-refractivity contribution in [1.29, 1.82) is 0 Å². The lowest BCUT2D eigenvalue weighted by molar-refractivity contribution is -0.145. The summed E-state index contributed by atoms with van der Waals surface area (Å²) in [7, 11) is 0. The van der Waals surface area contributed by atoms with Crippen LogP contribution in [0.5, 0.6) is 0 Å². The first-order valence-electron chi connectivity index (χ1n) is 6.40. The molecule has 0 fully saturated rings. The fraction of sp³-hybridized carbons (Fsp3) is 0.429. The van der Waals surface area contributed by atoms with Crippen LogP contribution in [0.4, 0.5) is 13.2 Å². The van der Waals surface area contributed by atoms with E-state index in [0.29, 0.717) is 18.6 Å². The quantitative estimate of drug-likeness (QED) is 0.821. The smallest absolute Gasteiger partial charge is 0.323 e. The van der Waals surface area contributed by atoms with Crippen molar-refractivity contribution < 1.29 is 27.9 Å². The van der Waals surface area contributed by atoms with E-state index in [1.807, 2.05) is 0 Å². The summed E-state index contributed by atoms with van der Waals surface area (Å²) >= 11 is 0. The largest absolute Gasteiger partial charge is 0.480 e. The molecule has 0 radical (unpaired) electrons. The first-order valence-corrected chi connectivity index (χ1v) is 6.40. The van der Waals surface area contributed by atoms with E-state index in [4.69, 9.17) is 5.11 Å². The van der Waals surface area contributed by atoms with Crippen LogP contribution in [0.15, 0.2) is 12.1 Å². The van der Waals surface area contributed by atoms with Crippen molar-refractivity contribution in [3.05, 3.63) is 35.1 Å². The molecule has 0 aliphatic rings. The molecule has 0 aromatic heterocycles. The van der Waals surface area contributed by atoms with Crippen LogP contribution in [0.3, 0.4) is 0 Å². The molecule has 0 saturated heterocycles. The second-order valence-corrected chi connectivity index (χ2v) is 4.71. The Labute approximate surface area is 120 Å². The van der Waals surface area contributed by atoms with Crippen LogP contribution in [0.2, 0.25) is 0 Å². The summed E-state index contributed by atoms with van der Waals surface area (Å²) in [4.78, 5) is 23.9. The lowest BCUT2D eigenvalue weighted by Gasteiger charge is -2.27. The molecule has 7 heteroatoms. The van der Waals surface area contributed by atoms with E-state index < -0.39 is 42.3 Å². The number of hydrogen-bond acceptors (Lipinski definition) is 2. The Morgan fingerprint density at radius 2 is 1.76 bits per heavy atom. The highest BCUT2D eigenvalue weighted by Gasteiger charge is 2.23. The molecule has 4 nitrogen and oxygen atoms in total. The maximum absolute atomic E-state index is 13.5. The molecule has 116 valence electrons. The molecule has 0 saturated carbocycles. The zero-order chi connectivity index (χ0) is 16.2. The topological polar surface area (TPSA) is 57.6 Å². The fourth-order valence-corrected chi connectivity index (χ4v) is 1.82. The summed E-state index contributed by atoms with van der Waals surface area (Å²) < 4.78 is 39.4. The van der Waals surface area contributed by atoms with E-state index in [2.05, 4.69) is 0 Å². The van der Waals surface area contributed by atoms with Crippen molar-refractivity contribution in [2.45, 2.75) is 32.7 Å². The highest BCUT2D eigenvalue weighted by Crippen LogP contribution is 2.16. The second-order valence-electron chi connectivity index (χ2n) is 4.71. The molecular weight excluding hydrogens is 287 g/mol. The normalized spacial score (nSPS) is 12.0. The third-order valence-corrected chi connectivity index (χ3v) is 3.18. The Morgan fingerprint density at radius 1 is 1.19 bits per heavy atom. The molecule has 1 atom stereocenters. The van der Waals surface area contributed by atoms with E-state index in [0.717, 1.165) is 4.90 Å². The molecule has 1 amide bonds. The minimum Gasteiger partial charge on any atom is -0.480 e. The number of aliphatic carboxylic acids is 1. The Bertz CT molecular complexity index is 549. The van der Waals surface area contributed by atoms with Crippen LogP contribution >= 0.6 is 0 Å². The summed E-state index contributed by atoms with van der Waals surface area (Å²) in [6, 6.07) is 0.614. The molecule has 0 bridgehead atoms. The number of carbonyl (C=O) groups is 2. The van der Waals surface area contributed by atoms with Gasteiger partial charge >= 0.3 is 5.97 Å². The Hall–Kier alpha value is -2.05. The van der Waals surface area contributed by atoms with Crippen LogP contribution in [0.1, 0.15) is 25.8 Å². The first kappa shape index (κ1) is 17.0. The van der Waals surface area contributed by atoms with E-state index in [1.54, 1.807) is 13.8 Å². The first-order chi connectivity index (χ1) is 9.76. The predicted octanol–water partition coefficient (Wildman–Crippen LogP) is 2.36. The summed E-state index contributed by atoms with van der Waals surface area (Å²) in [5.74, 6) is -5.49. The summed E-state index contributed by atoms with van der Waals surface area (Å²) in [5.41, 5.74) is -0.308. The summed E-state index contributed by atoms with van der Waals surface area (Å²) in [6.07, 6.45) is -0.0140. The zero-order valence-electron chi connectivity index (χ0n) is 11.7. The number of halogens is 3. The van der Waals surface area contributed by atoms with Gasteiger partial charge in [0.05, 0.1) is 6.42 Å². The Morgan fingerprint density at radius 3 is 2.29 bits per heavy atom. The zero-order valence-corrected chi connectivity index (χ0v) is 11.7. The number of hydrogen-bond donors (Lipinski definition) is 1. The number of carboxylic acids is 1. The van der Waals surface area contributed by atoms with Gasteiger partial charge in [-0.3, -0.25) is 9.59 Å². The van der Waals surface area contributed by atoms with Gasteiger partial charge < -0.3 is 10.0 Å². The molecule has 0 unspecified atom stereocenters. The van der Waals surface area contributed by atoms with Gasteiger partial charge in [0.25, 0.3) is 0 Å².